The highest BCUT2D eigenvalue weighted by Crippen LogP contribution is 2.39. The van der Waals surface area contributed by atoms with Crippen LogP contribution in [-0.2, 0) is 45.7 Å². The van der Waals surface area contributed by atoms with Gasteiger partial charge in [-0.05, 0) is 100 Å². The van der Waals surface area contributed by atoms with Crippen LogP contribution in [0, 0.1) is 11.8 Å². The molecule has 4 aromatic rings. The summed E-state index contributed by atoms with van der Waals surface area (Å²) in [4.78, 5) is 66.3. The third kappa shape index (κ3) is 13.5. The molecule has 0 saturated carbocycles. The van der Waals surface area contributed by atoms with Crippen LogP contribution in [-0.4, -0.2) is 104 Å². The number of carbonyl (C=O) groups excluding carboxylic acids is 4. The van der Waals surface area contributed by atoms with Gasteiger partial charge >= 0.3 is 6.18 Å². The molecule has 1 aromatic heterocycles. The fraction of sp³-hybridized carbons (Fsp3) is 0.479. The predicted molar refractivity (Wildman–Crippen MR) is 248 cm³/mol. The van der Waals surface area contributed by atoms with Gasteiger partial charge in [-0.3, -0.25) is 24.1 Å². The minimum Gasteiger partial charge on any atom is -0.484 e. The van der Waals surface area contributed by atoms with Gasteiger partial charge in [-0.1, -0.05) is 42.3 Å². The van der Waals surface area contributed by atoms with Gasteiger partial charge in [-0.25, -0.2) is 4.98 Å². The van der Waals surface area contributed by atoms with E-state index in [9.17, 15) is 37.5 Å². The number of aromatic nitrogens is 2. The van der Waals surface area contributed by atoms with Crippen molar-refractivity contribution in [3.63, 3.8) is 0 Å². The maximum absolute atomic E-state index is 14.5. The van der Waals surface area contributed by atoms with Crippen LogP contribution in [0.2, 0.25) is 10.0 Å². The Balaban J connectivity index is 0.00000817. The first-order chi connectivity index (χ1) is 30.9. The van der Waals surface area contributed by atoms with E-state index >= 15 is 0 Å². The van der Waals surface area contributed by atoms with Crippen LogP contribution < -0.4 is 9.47 Å². The minimum absolute atomic E-state index is 0. The predicted octanol–water partition coefficient (Wildman–Crippen LogP) is 9.28. The van der Waals surface area contributed by atoms with E-state index in [-0.39, 0.29) is 71.7 Å². The van der Waals surface area contributed by atoms with Crippen molar-refractivity contribution < 1.29 is 46.9 Å². The van der Waals surface area contributed by atoms with Crippen LogP contribution in [0.3, 0.4) is 0 Å². The summed E-state index contributed by atoms with van der Waals surface area (Å²) < 4.78 is 54.7. The number of aliphatic hydroxyl groups is 1. The maximum Gasteiger partial charge on any atom is 0.422 e. The zero-order valence-electron chi connectivity index (χ0n) is 37.5. The number of hydrogen-bond donors (Lipinski definition) is 1. The molecular weight excluding hydrogens is 922 g/mol. The number of amides is 2. The number of imidazole rings is 1. The number of alkyl halides is 3. The Labute approximate surface area is 399 Å². The zero-order chi connectivity index (χ0) is 47.0. The molecule has 66 heavy (non-hydrogen) atoms. The first-order valence-corrected chi connectivity index (χ1v) is 22.7. The average Bonchev–Trinajstić information content (AvgIpc) is 3.93. The van der Waals surface area contributed by atoms with Gasteiger partial charge < -0.3 is 28.9 Å². The summed E-state index contributed by atoms with van der Waals surface area (Å²) in [5.41, 5.74) is 2.55. The molecule has 0 spiro atoms. The molecule has 6 rings (SSSR count). The van der Waals surface area contributed by atoms with Gasteiger partial charge in [0.25, 0.3) is 0 Å². The van der Waals surface area contributed by atoms with E-state index < -0.39 is 73.9 Å². The Kier molecular flexibility index (Phi) is 18.5. The van der Waals surface area contributed by atoms with E-state index in [2.05, 4.69) is 9.88 Å². The molecule has 0 bridgehead atoms. The van der Waals surface area contributed by atoms with Crippen molar-refractivity contribution >= 4 is 59.0 Å². The summed E-state index contributed by atoms with van der Waals surface area (Å²) in [7, 11) is 3.53. The molecular formula is C48H57Cl3F3N5O7. The Morgan fingerprint density at radius 3 is 2.17 bits per heavy atom. The van der Waals surface area contributed by atoms with Gasteiger partial charge in [0.05, 0.1) is 49.1 Å². The SMILES string of the molecule is CC[C@@H]1CC(=O)N(Cc2c(OCC(F)(F)F)cc(Cl)cc2Oc2ccc(-c3cnc(CN4CCCC4)n3C)cc2)[C@@H](C)C(=O)C[C@@H](CO)C(=O)N(C)[C@H](Cc2ccc(Cl)cc2)CCC1=O.Cl. The molecule has 12 nitrogen and oxygen atoms in total. The molecule has 0 aliphatic carbocycles. The smallest absolute Gasteiger partial charge is 0.422 e. The van der Waals surface area contributed by atoms with Crippen molar-refractivity contribution in [2.24, 2.45) is 18.9 Å². The lowest BCUT2D eigenvalue weighted by Crippen LogP contribution is -2.47. The second-order valence-corrected chi connectivity index (χ2v) is 17.9. The molecule has 2 aliphatic rings. The number of likely N-dealkylation sites (tertiary alicyclic amines) is 1. The van der Waals surface area contributed by atoms with Crippen LogP contribution in [0.1, 0.15) is 75.7 Å². The molecule has 2 amide bonds. The van der Waals surface area contributed by atoms with E-state index in [1.807, 2.05) is 35.9 Å². The molecule has 18 heteroatoms. The molecule has 358 valence electrons. The van der Waals surface area contributed by atoms with Crippen molar-refractivity contribution in [2.75, 3.05) is 33.4 Å². The molecule has 3 aromatic carbocycles. The van der Waals surface area contributed by atoms with Crippen molar-refractivity contribution in [1.29, 1.82) is 0 Å². The second-order valence-electron chi connectivity index (χ2n) is 17.0. The van der Waals surface area contributed by atoms with Crippen molar-refractivity contribution in [3.05, 3.63) is 93.9 Å². The van der Waals surface area contributed by atoms with E-state index in [4.69, 9.17) is 32.7 Å². The lowest BCUT2D eigenvalue weighted by molar-refractivity contribution is -0.153. The Hall–Kier alpha value is -4.67. The number of ether oxygens (including phenoxy) is 2. The standard InChI is InChI=1S/C48H56Cl2F3N5O7.ClH/c1-5-32-22-46(62)58(30(2)42(61)21-34(28-59)47(63)55(3)37(14-17-41(32)60)20-31-8-12-35(49)13-9-31)26-39-43(64-29-48(51,52)53)23-36(50)24-44(39)65-38-15-10-33(11-16-38)40-25-54-45(56(40)4)27-57-18-6-7-19-57;/h8-13,15-16,23-25,30,32,34,37,59H,5-7,14,17-22,26-29H2,1-4H3;1H/t30-,32+,34-,37-;/m0./s1. The molecule has 4 atom stereocenters. The zero-order valence-corrected chi connectivity index (χ0v) is 39.8. The second kappa shape index (κ2) is 23.4. The third-order valence-corrected chi connectivity index (χ3v) is 13.0. The fourth-order valence-electron chi connectivity index (χ4n) is 8.50. The molecule has 2 aliphatic heterocycles. The van der Waals surface area contributed by atoms with Gasteiger partial charge in [0.15, 0.2) is 12.4 Å². The van der Waals surface area contributed by atoms with Gasteiger partial charge in [-0.15, -0.1) is 12.4 Å². The highest BCUT2D eigenvalue weighted by Gasteiger charge is 2.37. The number of hydrogen-bond acceptors (Lipinski definition) is 9. The van der Waals surface area contributed by atoms with E-state index in [0.29, 0.717) is 11.4 Å². The number of benzene rings is 3. The number of carbonyl (C=O) groups is 4. The largest absolute Gasteiger partial charge is 0.484 e. The van der Waals surface area contributed by atoms with E-state index in [0.717, 1.165) is 60.0 Å². The van der Waals surface area contributed by atoms with Crippen LogP contribution >= 0.6 is 35.6 Å². The monoisotopic (exact) mass is 977 g/mol. The minimum atomic E-state index is -4.75. The molecule has 0 radical (unpaired) electrons. The highest BCUT2D eigenvalue weighted by molar-refractivity contribution is 6.31. The molecule has 2 fully saturated rings. The Morgan fingerprint density at radius 2 is 1.53 bits per heavy atom. The number of halogens is 6. The normalized spacial score (nSPS) is 20.6. The van der Waals surface area contributed by atoms with Crippen molar-refractivity contribution in [1.82, 2.24) is 24.3 Å². The average molecular weight is 979 g/mol. The summed E-state index contributed by atoms with van der Waals surface area (Å²) in [6.07, 6.45) is -0.440. The quantitative estimate of drug-likeness (QED) is 0.139. The molecule has 3 heterocycles. The number of aliphatic hydroxyl groups excluding tert-OH is 1. The first kappa shape index (κ1) is 52.3. The Morgan fingerprint density at radius 1 is 0.864 bits per heavy atom. The fourth-order valence-corrected chi connectivity index (χ4v) is 8.82. The van der Waals surface area contributed by atoms with E-state index in [1.54, 1.807) is 44.4 Å². The van der Waals surface area contributed by atoms with Crippen LogP contribution in [0.4, 0.5) is 13.2 Å². The first-order valence-electron chi connectivity index (χ1n) is 21.9. The summed E-state index contributed by atoms with van der Waals surface area (Å²) in [5.74, 6) is -3.08. The van der Waals surface area contributed by atoms with Crippen LogP contribution in [0.5, 0.6) is 17.2 Å². The maximum atomic E-state index is 14.5. The lowest BCUT2D eigenvalue weighted by atomic mass is 9.89. The topological polar surface area (TPSA) is 135 Å². The number of Topliss-reactive ketones (excluding diaryl/α,β-unsaturated/α-hetero) is 2. The van der Waals surface area contributed by atoms with Gasteiger partial charge in [-0.2, -0.15) is 13.2 Å². The highest BCUT2D eigenvalue weighted by atomic mass is 35.5. The summed E-state index contributed by atoms with van der Waals surface area (Å²) >= 11 is 12.6. The van der Waals surface area contributed by atoms with Gasteiger partial charge in [0.2, 0.25) is 11.8 Å². The number of rotatable bonds is 13. The van der Waals surface area contributed by atoms with Crippen molar-refractivity contribution in [3.8, 4) is 28.5 Å². The lowest BCUT2D eigenvalue weighted by Gasteiger charge is -2.34. The summed E-state index contributed by atoms with van der Waals surface area (Å²) in [6.45, 7) is 3.14. The number of nitrogens with zero attached hydrogens (tertiary/aromatic N) is 5. The summed E-state index contributed by atoms with van der Waals surface area (Å²) in [6, 6.07) is 14.9. The Bertz CT molecular complexity index is 2310. The number of ketones is 2. The van der Waals surface area contributed by atoms with Gasteiger partial charge in [0, 0.05) is 67.0 Å². The molecule has 2 saturated heterocycles. The van der Waals surface area contributed by atoms with Crippen molar-refractivity contribution in [2.45, 2.75) is 96.6 Å². The van der Waals surface area contributed by atoms with E-state index in [1.165, 1.54) is 24.0 Å². The summed E-state index contributed by atoms with van der Waals surface area (Å²) in [5, 5.41) is 11.0. The van der Waals surface area contributed by atoms with Gasteiger partial charge in [0.1, 0.15) is 28.9 Å². The molecule has 0 unspecified atom stereocenters. The van der Waals surface area contributed by atoms with Crippen LogP contribution in [0.25, 0.3) is 11.3 Å². The number of likely N-dealkylation sites (N-methyl/N-ethyl adjacent to an activating group) is 1. The molecule has 1 N–H and O–H groups in total. The van der Waals surface area contributed by atoms with Crippen LogP contribution in [0.15, 0.2) is 66.9 Å². The third-order valence-electron chi connectivity index (χ3n) is 12.5.